The Bertz CT molecular complexity index is 3220. The molecule has 0 N–H and O–H groups in total. The first-order valence-electron chi connectivity index (χ1n) is 18.8. The Morgan fingerprint density at radius 2 is 0.875 bits per heavy atom. The smallest absolute Gasteiger partial charge is 0.164 e. The van der Waals surface area contributed by atoms with Crippen molar-refractivity contribution in [2.24, 2.45) is 0 Å². The Kier molecular flexibility index (Phi) is 7.42. The van der Waals surface area contributed by atoms with Gasteiger partial charge in [-0.3, -0.25) is 0 Å². The Hall–Kier alpha value is -7.63. The third-order valence-electron chi connectivity index (χ3n) is 10.7. The standard InChI is InChI=1S/C51H32N4O/c1-4-14-33(15-5-1)34-26-28-36(29-27-34)50-52-49(35-16-6-2-7-17-35)53-51(54-50)37-30-31-39-41-22-12-23-42(48(41)55(44(39)32-37)38-18-8-3-9-19-38)40-21-13-25-46-47(40)43-20-10-11-24-45(43)56-46/h1-32H. The first kappa shape index (κ1) is 31.9. The molecule has 0 amide bonds. The fraction of sp³-hybridized carbons (Fsp3) is 0. The maximum Gasteiger partial charge on any atom is 0.164 e. The zero-order valence-electron chi connectivity index (χ0n) is 30.2. The molecule has 11 aromatic rings. The van der Waals surface area contributed by atoms with Crippen LogP contribution in [0.5, 0.6) is 0 Å². The second-order valence-corrected chi connectivity index (χ2v) is 14.0. The second-order valence-electron chi connectivity index (χ2n) is 14.0. The van der Waals surface area contributed by atoms with E-state index in [4.69, 9.17) is 19.4 Å². The van der Waals surface area contributed by atoms with E-state index in [1.165, 1.54) is 5.56 Å². The lowest BCUT2D eigenvalue weighted by Gasteiger charge is -2.13. The maximum atomic E-state index is 6.35. The Balaban J connectivity index is 1.14. The van der Waals surface area contributed by atoms with E-state index in [0.29, 0.717) is 17.5 Å². The van der Waals surface area contributed by atoms with Crippen LogP contribution in [-0.2, 0) is 0 Å². The highest BCUT2D eigenvalue weighted by Gasteiger charge is 2.21. The largest absolute Gasteiger partial charge is 0.456 e. The van der Waals surface area contributed by atoms with Gasteiger partial charge in [0.2, 0.25) is 0 Å². The molecule has 0 fully saturated rings. The number of hydrogen-bond acceptors (Lipinski definition) is 4. The van der Waals surface area contributed by atoms with Gasteiger partial charge >= 0.3 is 0 Å². The quantitative estimate of drug-likeness (QED) is 0.172. The Labute approximate surface area is 322 Å². The summed E-state index contributed by atoms with van der Waals surface area (Å²) in [6.45, 7) is 0. The highest BCUT2D eigenvalue weighted by atomic mass is 16.3. The lowest BCUT2D eigenvalue weighted by atomic mass is 9.97. The van der Waals surface area contributed by atoms with Crippen LogP contribution >= 0.6 is 0 Å². The zero-order chi connectivity index (χ0) is 37.0. The van der Waals surface area contributed by atoms with Crippen LogP contribution in [0.1, 0.15) is 0 Å². The van der Waals surface area contributed by atoms with E-state index in [2.05, 4.69) is 150 Å². The lowest BCUT2D eigenvalue weighted by Crippen LogP contribution is -2.00. The lowest BCUT2D eigenvalue weighted by molar-refractivity contribution is 0.669. The van der Waals surface area contributed by atoms with Crippen molar-refractivity contribution < 1.29 is 4.42 Å². The van der Waals surface area contributed by atoms with Gasteiger partial charge in [-0.2, -0.15) is 0 Å². The fourth-order valence-electron chi connectivity index (χ4n) is 8.06. The number of rotatable bonds is 6. The van der Waals surface area contributed by atoms with Gasteiger partial charge in [-0.25, -0.2) is 15.0 Å². The minimum absolute atomic E-state index is 0.614. The Morgan fingerprint density at radius 1 is 0.357 bits per heavy atom. The monoisotopic (exact) mass is 716 g/mol. The van der Waals surface area contributed by atoms with Crippen LogP contribution in [0.25, 0.3) is 106 Å². The van der Waals surface area contributed by atoms with E-state index >= 15 is 0 Å². The molecule has 11 rings (SSSR count). The van der Waals surface area contributed by atoms with Crippen molar-refractivity contribution in [2.75, 3.05) is 0 Å². The van der Waals surface area contributed by atoms with Crippen LogP contribution in [0.2, 0.25) is 0 Å². The summed E-state index contributed by atoms with van der Waals surface area (Å²) in [5.74, 6) is 1.87. The summed E-state index contributed by atoms with van der Waals surface area (Å²) in [5.41, 5.74) is 12.4. The molecular weight excluding hydrogens is 685 g/mol. The van der Waals surface area contributed by atoms with Gasteiger partial charge in [-0.15, -0.1) is 0 Å². The van der Waals surface area contributed by atoms with Gasteiger partial charge in [0.15, 0.2) is 17.5 Å². The number of benzene rings is 8. The summed E-state index contributed by atoms with van der Waals surface area (Å²) in [5, 5.41) is 4.53. The second kappa shape index (κ2) is 13.0. The van der Waals surface area contributed by atoms with E-state index < -0.39 is 0 Å². The zero-order valence-corrected chi connectivity index (χ0v) is 30.2. The number of nitrogens with zero attached hydrogens (tertiary/aromatic N) is 4. The van der Waals surface area contributed by atoms with Gasteiger partial charge in [-0.1, -0.05) is 164 Å². The summed E-state index contributed by atoms with van der Waals surface area (Å²) < 4.78 is 8.73. The number of fused-ring (bicyclic) bond motifs is 6. The molecule has 0 radical (unpaired) electrons. The first-order chi connectivity index (χ1) is 27.8. The fourth-order valence-corrected chi connectivity index (χ4v) is 8.06. The summed E-state index contributed by atoms with van der Waals surface area (Å²) in [7, 11) is 0. The molecule has 5 nitrogen and oxygen atoms in total. The Morgan fingerprint density at radius 3 is 1.62 bits per heavy atom. The van der Waals surface area contributed by atoms with Gasteiger partial charge in [-0.05, 0) is 47.0 Å². The minimum Gasteiger partial charge on any atom is -0.456 e. The molecule has 8 aromatic carbocycles. The van der Waals surface area contributed by atoms with Crippen LogP contribution in [0, 0.1) is 0 Å². The van der Waals surface area contributed by atoms with E-state index in [1.807, 2.05) is 48.5 Å². The molecule has 0 saturated heterocycles. The first-order valence-corrected chi connectivity index (χ1v) is 18.8. The van der Waals surface area contributed by atoms with Gasteiger partial charge in [0.05, 0.1) is 11.0 Å². The van der Waals surface area contributed by atoms with Crippen molar-refractivity contribution >= 4 is 43.7 Å². The average Bonchev–Trinajstić information content (AvgIpc) is 3.83. The summed E-state index contributed by atoms with van der Waals surface area (Å²) >= 11 is 0. The van der Waals surface area contributed by atoms with E-state index in [0.717, 1.165) is 82.8 Å². The minimum atomic E-state index is 0.614. The van der Waals surface area contributed by atoms with E-state index in [-0.39, 0.29) is 0 Å². The van der Waals surface area contributed by atoms with Crippen molar-refractivity contribution in [1.29, 1.82) is 0 Å². The van der Waals surface area contributed by atoms with E-state index in [1.54, 1.807) is 0 Å². The molecule has 0 unspecified atom stereocenters. The number of aromatic nitrogens is 4. The molecule has 0 spiro atoms. The summed E-state index contributed by atoms with van der Waals surface area (Å²) in [6.07, 6.45) is 0. The van der Waals surface area contributed by atoms with Crippen LogP contribution in [-0.4, -0.2) is 19.5 Å². The number of furan rings is 1. The molecule has 0 atom stereocenters. The molecule has 0 aliphatic heterocycles. The van der Waals surface area contributed by atoms with Gasteiger partial charge < -0.3 is 8.98 Å². The summed E-state index contributed by atoms with van der Waals surface area (Å²) in [6, 6.07) is 67.4. The molecule has 3 aromatic heterocycles. The molecule has 0 saturated carbocycles. The molecule has 262 valence electrons. The maximum absolute atomic E-state index is 6.35. The van der Waals surface area contributed by atoms with Crippen molar-refractivity contribution in [2.45, 2.75) is 0 Å². The third-order valence-corrected chi connectivity index (χ3v) is 10.7. The molecule has 5 heteroatoms. The van der Waals surface area contributed by atoms with Crippen molar-refractivity contribution in [3.05, 3.63) is 194 Å². The molecular formula is C51H32N4O. The highest BCUT2D eigenvalue weighted by molar-refractivity contribution is 6.19. The SMILES string of the molecule is c1ccc(-c2ccc(-c3nc(-c4ccccc4)nc(-c4ccc5c6cccc(-c7cccc8oc9ccccc9c78)c6n(-c6ccccc6)c5c4)n3)cc2)cc1. The highest BCUT2D eigenvalue weighted by Crippen LogP contribution is 2.43. The van der Waals surface area contributed by atoms with Crippen molar-refractivity contribution in [1.82, 2.24) is 19.5 Å². The normalized spacial score (nSPS) is 11.6. The molecule has 56 heavy (non-hydrogen) atoms. The van der Waals surface area contributed by atoms with Crippen LogP contribution in [0.3, 0.4) is 0 Å². The summed E-state index contributed by atoms with van der Waals surface area (Å²) in [4.78, 5) is 15.3. The number of para-hydroxylation sites is 3. The van der Waals surface area contributed by atoms with E-state index in [9.17, 15) is 0 Å². The predicted molar refractivity (Wildman–Crippen MR) is 229 cm³/mol. The van der Waals surface area contributed by atoms with Crippen LogP contribution in [0.4, 0.5) is 0 Å². The molecule has 0 aliphatic carbocycles. The van der Waals surface area contributed by atoms with Crippen molar-refractivity contribution in [3.8, 4) is 62.1 Å². The van der Waals surface area contributed by atoms with Gasteiger partial charge in [0, 0.05) is 49.5 Å². The van der Waals surface area contributed by atoms with Gasteiger partial charge in [0.1, 0.15) is 11.2 Å². The van der Waals surface area contributed by atoms with Crippen LogP contribution < -0.4 is 0 Å². The number of hydrogen-bond donors (Lipinski definition) is 0. The topological polar surface area (TPSA) is 56.7 Å². The predicted octanol–water partition coefficient (Wildman–Crippen LogP) is 13.2. The van der Waals surface area contributed by atoms with Crippen LogP contribution in [0.15, 0.2) is 199 Å². The third kappa shape index (κ3) is 5.29. The molecule has 0 bridgehead atoms. The molecule has 0 aliphatic rings. The van der Waals surface area contributed by atoms with Crippen molar-refractivity contribution in [3.63, 3.8) is 0 Å². The van der Waals surface area contributed by atoms with Gasteiger partial charge in [0.25, 0.3) is 0 Å². The molecule has 3 heterocycles. The average molecular weight is 717 g/mol.